The Bertz CT molecular complexity index is 210. The van der Waals surface area contributed by atoms with Crippen LogP contribution < -0.4 is 10.9 Å². The molecule has 1 aromatic rings. The lowest BCUT2D eigenvalue weighted by molar-refractivity contribution is 0.517. The second-order valence-corrected chi connectivity index (χ2v) is 4.42. The van der Waals surface area contributed by atoms with Gasteiger partial charge in [0.05, 0.1) is 0 Å². The van der Waals surface area contributed by atoms with Gasteiger partial charge < -0.3 is 0 Å². The summed E-state index contributed by atoms with van der Waals surface area (Å²) in [5.74, 6) is 5.86. The maximum absolute atomic E-state index is 5.86. The molecule has 0 saturated heterocycles. The van der Waals surface area contributed by atoms with Crippen LogP contribution in [0.1, 0.15) is 20.8 Å². The molecule has 0 fully saturated rings. The zero-order valence-electron chi connectivity index (χ0n) is 7.16. The van der Waals surface area contributed by atoms with Gasteiger partial charge in [-0.05, 0) is 38.3 Å². The first kappa shape index (κ1) is 8.56. The van der Waals surface area contributed by atoms with E-state index in [2.05, 4.69) is 20.8 Å². The fourth-order valence-electron chi connectivity index (χ4n) is 0.738. The number of hydrogen-bond donors (Lipinski definition) is 1. The molecule has 0 aliphatic heterocycles. The Morgan fingerprint density at radius 3 is 2.45 bits per heavy atom. The van der Waals surface area contributed by atoms with Gasteiger partial charge in [-0.1, -0.05) is 0 Å². The summed E-state index contributed by atoms with van der Waals surface area (Å²) in [6.45, 7) is 6.27. The average molecular weight is 170 g/mol. The lowest BCUT2D eigenvalue weighted by Crippen LogP contribution is -2.46. The Kier molecular flexibility index (Phi) is 2.20. The standard InChI is InChI=1S/C8H14N2S/c1-8(2,3)10(9)7-5-4-6-11-7/h4-6H,9H2,1-3H3. The van der Waals surface area contributed by atoms with Crippen LogP contribution >= 0.6 is 11.3 Å². The van der Waals surface area contributed by atoms with E-state index < -0.39 is 0 Å². The summed E-state index contributed by atoms with van der Waals surface area (Å²) in [6, 6.07) is 4.03. The van der Waals surface area contributed by atoms with Gasteiger partial charge in [0.15, 0.2) is 0 Å². The Morgan fingerprint density at radius 2 is 2.09 bits per heavy atom. The van der Waals surface area contributed by atoms with Crippen LogP contribution in [-0.4, -0.2) is 5.54 Å². The van der Waals surface area contributed by atoms with Crippen molar-refractivity contribution >= 4 is 16.3 Å². The third-order valence-corrected chi connectivity index (χ3v) is 2.33. The smallest absolute Gasteiger partial charge is 0.105 e. The number of nitrogens with two attached hydrogens (primary N) is 1. The van der Waals surface area contributed by atoms with Gasteiger partial charge in [-0.15, -0.1) is 11.3 Å². The van der Waals surface area contributed by atoms with Gasteiger partial charge in [-0.25, -0.2) is 5.84 Å². The van der Waals surface area contributed by atoms with Gasteiger partial charge in [0.2, 0.25) is 0 Å². The van der Waals surface area contributed by atoms with Crippen LogP contribution in [0.3, 0.4) is 0 Å². The van der Waals surface area contributed by atoms with Crippen molar-refractivity contribution in [2.75, 3.05) is 5.01 Å². The van der Waals surface area contributed by atoms with Crippen LogP contribution in [-0.2, 0) is 0 Å². The maximum atomic E-state index is 5.86. The number of anilines is 1. The lowest BCUT2D eigenvalue weighted by Gasteiger charge is -2.31. The van der Waals surface area contributed by atoms with E-state index in [0.717, 1.165) is 5.00 Å². The normalized spacial score (nSPS) is 11.6. The number of nitrogens with zero attached hydrogens (tertiary/aromatic N) is 1. The molecule has 0 saturated carbocycles. The van der Waals surface area contributed by atoms with Gasteiger partial charge in [-0.2, -0.15) is 0 Å². The van der Waals surface area contributed by atoms with E-state index in [0.29, 0.717) is 0 Å². The summed E-state index contributed by atoms with van der Waals surface area (Å²) in [6.07, 6.45) is 0. The van der Waals surface area contributed by atoms with E-state index in [1.807, 2.05) is 17.5 Å². The monoisotopic (exact) mass is 170 g/mol. The molecule has 1 aromatic heterocycles. The number of hydrazine groups is 1. The first-order valence-corrected chi connectivity index (χ1v) is 4.48. The highest BCUT2D eigenvalue weighted by atomic mass is 32.1. The number of hydrogen-bond acceptors (Lipinski definition) is 3. The molecule has 0 bridgehead atoms. The summed E-state index contributed by atoms with van der Waals surface area (Å²) < 4.78 is 0. The van der Waals surface area contributed by atoms with Crippen LogP contribution in [0.4, 0.5) is 5.00 Å². The molecule has 0 radical (unpaired) electrons. The summed E-state index contributed by atoms with van der Waals surface area (Å²) in [5.41, 5.74) is 0.00481. The summed E-state index contributed by atoms with van der Waals surface area (Å²) >= 11 is 1.66. The van der Waals surface area contributed by atoms with Gasteiger partial charge in [0.25, 0.3) is 0 Å². The second kappa shape index (κ2) is 2.83. The van der Waals surface area contributed by atoms with Gasteiger partial charge in [-0.3, -0.25) is 5.01 Å². The quantitative estimate of drug-likeness (QED) is 0.517. The van der Waals surface area contributed by atoms with Crippen molar-refractivity contribution in [3.05, 3.63) is 17.5 Å². The van der Waals surface area contributed by atoms with Crippen LogP contribution in [0.5, 0.6) is 0 Å². The molecule has 0 atom stereocenters. The zero-order chi connectivity index (χ0) is 8.48. The third-order valence-electron chi connectivity index (χ3n) is 1.47. The van der Waals surface area contributed by atoms with Crippen LogP contribution in [0, 0.1) is 0 Å². The van der Waals surface area contributed by atoms with E-state index in [4.69, 9.17) is 5.84 Å². The number of rotatable bonds is 1. The van der Waals surface area contributed by atoms with E-state index in [1.165, 1.54) is 0 Å². The minimum Gasteiger partial charge on any atom is -0.296 e. The molecule has 0 spiro atoms. The van der Waals surface area contributed by atoms with E-state index in [1.54, 1.807) is 16.3 Å². The molecule has 0 aliphatic carbocycles. The molecular weight excluding hydrogens is 156 g/mol. The van der Waals surface area contributed by atoms with Crippen molar-refractivity contribution in [3.8, 4) is 0 Å². The minimum absolute atomic E-state index is 0.00481. The van der Waals surface area contributed by atoms with Gasteiger partial charge >= 0.3 is 0 Å². The average Bonchev–Trinajstić information content (AvgIpc) is 2.34. The van der Waals surface area contributed by atoms with Crippen LogP contribution in [0.15, 0.2) is 17.5 Å². The molecule has 3 heteroatoms. The van der Waals surface area contributed by atoms with Gasteiger partial charge in [0.1, 0.15) is 5.00 Å². The van der Waals surface area contributed by atoms with Crippen molar-refractivity contribution in [2.45, 2.75) is 26.3 Å². The topological polar surface area (TPSA) is 29.3 Å². The first-order valence-electron chi connectivity index (χ1n) is 3.60. The Morgan fingerprint density at radius 1 is 1.45 bits per heavy atom. The van der Waals surface area contributed by atoms with E-state index in [9.17, 15) is 0 Å². The second-order valence-electron chi connectivity index (χ2n) is 3.49. The molecule has 0 aromatic carbocycles. The van der Waals surface area contributed by atoms with Crippen molar-refractivity contribution in [2.24, 2.45) is 5.84 Å². The fraction of sp³-hybridized carbons (Fsp3) is 0.500. The van der Waals surface area contributed by atoms with Crippen molar-refractivity contribution in [3.63, 3.8) is 0 Å². The van der Waals surface area contributed by atoms with Crippen LogP contribution in [0.2, 0.25) is 0 Å². The highest BCUT2D eigenvalue weighted by Crippen LogP contribution is 2.24. The minimum atomic E-state index is 0.00481. The summed E-state index contributed by atoms with van der Waals surface area (Å²) in [7, 11) is 0. The highest BCUT2D eigenvalue weighted by Gasteiger charge is 2.18. The Labute approximate surface area is 71.6 Å². The van der Waals surface area contributed by atoms with Crippen molar-refractivity contribution in [1.29, 1.82) is 0 Å². The molecule has 0 aliphatic rings. The molecule has 0 amide bonds. The molecule has 1 rings (SSSR count). The highest BCUT2D eigenvalue weighted by molar-refractivity contribution is 7.14. The summed E-state index contributed by atoms with van der Waals surface area (Å²) in [5, 5.41) is 4.93. The zero-order valence-corrected chi connectivity index (χ0v) is 7.98. The van der Waals surface area contributed by atoms with Crippen LogP contribution in [0.25, 0.3) is 0 Å². The SMILES string of the molecule is CC(C)(C)N(N)c1cccs1. The predicted molar refractivity (Wildman–Crippen MR) is 50.7 cm³/mol. The van der Waals surface area contributed by atoms with E-state index >= 15 is 0 Å². The Hall–Kier alpha value is -0.540. The Balaban J connectivity index is 2.78. The fourth-order valence-corrected chi connectivity index (χ4v) is 1.58. The van der Waals surface area contributed by atoms with E-state index in [-0.39, 0.29) is 5.54 Å². The van der Waals surface area contributed by atoms with Gasteiger partial charge in [0, 0.05) is 5.54 Å². The molecule has 2 N–H and O–H groups in total. The van der Waals surface area contributed by atoms with Crippen molar-refractivity contribution < 1.29 is 0 Å². The van der Waals surface area contributed by atoms with Crippen molar-refractivity contribution in [1.82, 2.24) is 0 Å². The molecule has 1 heterocycles. The molecule has 2 nitrogen and oxygen atoms in total. The molecule has 62 valence electrons. The molecular formula is C8H14N2S. The predicted octanol–water partition coefficient (Wildman–Crippen LogP) is 2.23. The maximum Gasteiger partial charge on any atom is 0.105 e. The number of thiophene rings is 1. The third kappa shape index (κ3) is 1.94. The molecule has 11 heavy (non-hydrogen) atoms. The largest absolute Gasteiger partial charge is 0.296 e. The first-order chi connectivity index (χ1) is 5.02. The summed E-state index contributed by atoms with van der Waals surface area (Å²) in [4.78, 5) is 0. The molecule has 0 unspecified atom stereocenters. The lowest BCUT2D eigenvalue weighted by atomic mass is 10.1.